The fourth-order valence-corrected chi connectivity index (χ4v) is 3.10. The lowest BCUT2D eigenvalue weighted by Crippen LogP contribution is -2.35. The minimum absolute atomic E-state index is 0.000956. The molecule has 0 atom stereocenters. The van der Waals surface area contributed by atoms with Gasteiger partial charge in [0, 0.05) is 24.4 Å². The van der Waals surface area contributed by atoms with Crippen LogP contribution in [0.25, 0.3) is 0 Å². The SMILES string of the molecule is Cc1cc(=O)[nH]c(SCC(=O)c2ccc3c(c2)N(C)C(=O)CO3)n1. The number of hydrogen-bond donors (Lipinski definition) is 1. The van der Waals surface area contributed by atoms with E-state index in [1.807, 2.05) is 0 Å². The van der Waals surface area contributed by atoms with E-state index in [4.69, 9.17) is 4.74 Å². The summed E-state index contributed by atoms with van der Waals surface area (Å²) in [5.74, 6) is 0.413. The number of nitrogens with zero attached hydrogens (tertiary/aromatic N) is 2. The topological polar surface area (TPSA) is 92.4 Å². The van der Waals surface area contributed by atoms with Crippen LogP contribution in [0.1, 0.15) is 16.1 Å². The number of aromatic nitrogens is 2. The number of anilines is 1. The molecule has 7 nitrogen and oxygen atoms in total. The van der Waals surface area contributed by atoms with Crippen LogP contribution < -0.4 is 15.2 Å². The van der Waals surface area contributed by atoms with Crippen LogP contribution in [0.2, 0.25) is 0 Å². The molecular weight excluding hydrogens is 330 g/mol. The zero-order valence-electron chi connectivity index (χ0n) is 13.2. The van der Waals surface area contributed by atoms with E-state index in [9.17, 15) is 14.4 Å². The summed E-state index contributed by atoms with van der Waals surface area (Å²) in [6.45, 7) is 1.72. The van der Waals surface area contributed by atoms with Crippen LogP contribution in [0.4, 0.5) is 5.69 Å². The highest BCUT2D eigenvalue weighted by molar-refractivity contribution is 7.99. The van der Waals surface area contributed by atoms with Gasteiger partial charge < -0.3 is 14.6 Å². The number of carbonyl (C=O) groups excluding carboxylic acids is 2. The highest BCUT2D eigenvalue weighted by Crippen LogP contribution is 2.32. The molecule has 0 spiro atoms. The van der Waals surface area contributed by atoms with E-state index in [0.717, 1.165) is 11.8 Å². The Labute approximate surface area is 142 Å². The van der Waals surface area contributed by atoms with Crippen LogP contribution in [0.3, 0.4) is 0 Å². The lowest BCUT2D eigenvalue weighted by Gasteiger charge is -2.26. The molecule has 0 bridgehead atoms. The number of Topliss-reactive ketones (excluding diaryl/α,β-unsaturated/α-hetero) is 1. The Morgan fingerprint density at radius 3 is 2.92 bits per heavy atom. The lowest BCUT2D eigenvalue weighted by atomic mass is 10.1. The van der Waals surface area contributed by atoms with E-state index in [2.05, 4.69) is 9.97 Å². The maximum atomic E-state index is 12.4. The maximum absolute atomic E-state index is 12.4. The Balaban J connectivity index is 1.76. The molecule has 0 saturated carbocycles. The molecule has 0 aliphatic carbocycles. The van der Waals surface area contributed by atoms with Gasteiger partial charge in [-0.05, 0) is 25.1 Å². The quantitative estimate of drug-likeness (QED) is 0.512. The minimum Gasteiger partial charge on any atom is -0.482 e. The van der Waals surface area contributed by atoms with E-state index in [1.54, 1.807) is 32.2 Å². The first kappa shape index (κ1) is 16.3. The largest absolute Gasteiger partial charge is 0.482 e. The van der Waals surface area contributed by atoms with Gasteiger partial charge in [0.15, 0.2) is 17.5 Å². The molecule has 1 N–H and O–H groups in total. The number of nitrogens with one attached hydrogen (secondary N) is 1. The van der Waals surface area contributed by atoms with Crippen LogP contribution >= 0.6 is 11.8 Å². The van der Waals surface area contributed by atoms with Gasteiger partial charge in [0.1, 0.15) is 5.75 Å². The number of hydrogen-bond acceptors (Lipinski definition) is 6. The van der Waals surface area contributed by atoms with Gasteiger partial charge >= 0.3 is 0 Å². The Morgan fingerprint density at radius 2 is 2.17 bits per heavy atom. The Morgan fingerprint density at radius 1 is 1.38 bits per heavy atom. The molecule has 0 saturated heterocycles. The van der Waals surface area contributed by atoms with Crippen LogP contribution in [-0.4, -0.2) is 41.1 Å². The van der Waals surface area contributed by atoms with Crippen molar-refractivity contribution in [3.8, 4) is 5.75 Å². The molecule has 124 valence electrons. The lowest BCUT2D eigenvalue weighted by molar-refractivity contribution is -0.120. The normalized spacial score (nSPS) is 13.4. The van der Waals surface area contributed by atoms with Crippen molar-refractivity contribution in [1.29, 1.82) is 0 Å². The first-order valence-electron chi connectivity index (χ1n) is 7.21. The molecule has 0 radical (unpaired) electrons. The van der Waals surface area contributed by atoms with Crippen molar-refractivity contribution in [3.05, 3.63) is 45.9 Å². The molecule has 24 heavy (non-hydrogen) atoms. The van der Waals surface area contributed by atoms with Crippen LogP contribution in [0, 0.1) is 6.92 Å². The second kappa shape index (κ2) is 6.48. The number of ketones is 1. The first-order valence-corrected chi connectivity index (χ1v) is 8.20. The number of fused-ring (bicyclic) bond motifs is 1. The predicted molar refractivity (Wildman–Crippen MR) is 90.0 cm³/mol. The smallest absolute Gasteiger partial charge is 0.264 e. The molecule has 1 aliphatic heterocycles. The number of amides is 1. The van der Waals surface area contributed by atoms with Gasteiger partial charge in [-0.2, -0.15) is 0 Å². The number of H-pyrrole nitrogens is 1. The van der Waals surface area contributed by atoms with Gasteiger partial charge in [-0.25, -0.2) is 4.98 Å². The molecule has 2 heterocycles. The minimum atomic E-state index is -0.247. The van der Waals surface area contributed by atoms with Crippen molar-refractivity contribution < 1.29 is 14.3 Å². The number of aromatic amines is 1. The standard InChI is InChI=1S/C16H15N3O4S/c1-9-5-14(21)18-16(17-9)24-8-12(20)10-3-4-13-11(6-10)19(2)15(22)7-23-13/h3-6H,7-8H2,1-2H3,(H,17,18,21). The van der Waals surface area contributed by atoms with Crippen LogP contribution in [0.15, 0.2) is 34.2 Å². The van der Waals surface area contributed by atoms with Crippen molar-refractivity contribution in [2.75, 3.05) is 24.3 Å². The van der Waals surface area contributed by atoms with Gasteiger partial charge in [0.05, 0.1) is 11.4 Å². The summed E-state index contributed by atoms with van der Waals surface area (Å²) in [7, 11) is 1.65. The molecule has 1 amide bonds. The molecule has 1 aliphatic rings. The first-order chi connectivity index (χ1) is 11.4. The van der Waals surface area contributed by atoms with E-state index < -0.39 is 0 Å². The summed E-state index contributed by atoms with van der Waals surface area (Å²) in [4.78, 5) is 43.7. The Hall–Kier alpha value is -2.61. The summed E-state index contributed by atoms with van der Waals surface area (Å²) >= 11 is 1.16. The van der Waals surface area contributed by atoms with Crippen molar-refractivity contribution >= 4 is 29.1 Å². The highest BCUT2D eigenvalue weighted by atomic mass is 32.2. The molecule has 1 aromatic heterocycles. The number of thioether (sulfide) groups is 1. The Bertz CT molecular complexity index is 878. The number of benzene rings is 1. The van der Waals surface area contributed by atoms with E-state index >= 15 is 0 Å². The molecule has 0 unspecified atom stereocenters. The second-order valence-electron chi connectivity index (χ2n) is 5.33. The zero-order chi connectivity index (χ0) is 17.3. The third-order valence-corrected chi connectivity index (χ3v) is 4.43. The Kier molecular flexibility index (Phi) is 4.39. The molecular formula is C16H15N3O4S. The summed E-state index contributed by atoms with van der Waals surface area (Å²) in [5.41, 5.74) is 1.40. The van der Waals surface area contributed by atoms with Gasteiger partial charge in [0.25, 0.3) is 11.5 Å². The van der Waals surface area contributed by atoms with Gasteiger partial charge in [-0.15, -0.1) is 0 Å². The van der Waals surface area contributed by atoms with E-state index in [1.165, 1.54) is 11.0 Å². The number of ether oxygens (including phenoxy) is 1. The van der Waals surface area contributed by atoms with Crippen molar-refractivity contribution in [1.82, 2.24) is 9.97 Å². The fourth-order valence-electron chi connectivity index (χ4n) is 2.28. The van der Waals surface area contributed by atoms with Gasteiger partial charge in [-0.1, -0.05) is 11.8 Å². The number of aryl methyl sites for hydroxylation is 1. The number of rotatable bonds is 4. The number of likely N-dealkylation sites (N-methyl/N-ethyl adjacent to an activating group) is 1. The summed E-state index contributed by atoms with van der Waals surface area (Å²) < 4.78 is 5.34. The van der Waals surface area contributed by atoms with Gasteiger partial charge in [0.2, 0.25) is 0 Å². The monoisotopic (exact) mass is 345 g/mol. The van der Waals surface area contributed by atoms with Crippen molar-refractivity contribution in [3.63, 3.8) is 0 Å². The molecule has 2 aromatic rings. The highest BCUT2D eigenvalue weighted by Gasteiger charge is 2.23. The molecule has 0 fully saturated rings. The molecule has 1 aromatic carbocycles. The van der Waals surface area contributed by atoms with Crippen molar-refractivity contribution in [2.24, 2.45) is 0 Å². The predicted octanol–water partition coefficient (Wildman–Crippen LogP) is 1.41. The molecule has 3 rings (SSSR count). The average Bonchev–Trinajstić information content (AvgIpc) is 2.55. The third kappa shape index (κ3) is 3.33. The fraction of sp³-hybridized carbons (Fsp3) is 0.250. The third-order valence-electron chi connectivity index (χ3n) is 3.56. The molecule has 8 heteroatoms. The number of carbonyl (C=O) groups is 2. The summed E-state index contributed by atoms with van der Waals surface area (Å²) in [6, 6.07) is 6.38. The second-order valence-corrected chi connectivity index (χ2v) is 6.29. The van der Waals surface area contributed by atoms with Crippen molar-refractivity contribution in [2.45, 2.75) is 12.1 Å². The maximum Gasteiger partial charge on any atom is 0.264 e. The average molecular weight is 345 g/mol. The van der Waals surface area contributed by atoms with E-state index in [-0.39, 0.29) is 29.6 Å². The zero-order valence-corrected chi connectivity index (χ0v) is 14.0. The summed E-state index contributed by atoms with van der Waals surface area (Å²) in [5, 5.41) is 0.405. The summed E-state index contributed by atoms with van der Waals surface area (Å²) in [6.07, 6.45) is 0. The van der Waals surface area contributed by atoms with E-state index in [0.29, 0.717) is 27.9 Å². The van der Waals surface area contributed by atoms with Gasteiger partial charge in [-0.3, -0.25) is 14.4 Å². The van der Waals surface area contributed by atoms with Crippen LogP contribution in [0.5, 0.6) is 5.75 Å². The van der Waals surface area contributed by atoms with Crippen LogP contribution in [-0.2, 0) is 4.79 Å².